The first-order valence-electron chi connectivity index (χ1n) is 16.2. The zero-order valence-electron chi connectivity index (χ0n) is 27.5. The summed E-state index contributed by atoms with van der Waals surface area (Å²) in [7, 11) is 0. The second-order valence-electron chi connectivity index (χ2n) is 15.0. The van der Waals surface area contributed by atoms with Gasteiger partial charge >= 0.3 is 0 Å². The van der Waals surface area contributed by atoms with Crippen molar-refractivity contribution in [1.29, 1.82) is 0 Å². The van der Waals surface area contributed by atoms with Gasteiger partial charge in [-0.25, -0.2) is 10.1 Å². The molecule has 3 aliphatic rings. The van der Waals surface area contributed by atoms with Gasteiger partial charge in [-0.3, -0.25) is 14.9 Å². The summed E-state index contributed by atoms with van der Waals surface area (Å²) in [5.41, 5.74) is 1.22. The molecule has 11 nitrogen and oxygen atoms in total. The first-order valence-corrected chi connectivity index (χ1v) is 16.2. The molecule has 2 aliphatic heterocycles. The van der Waals surface area contributed by atoms with Crippen molar-refractivity contribution in [2.24, 2.45) is 21.7 Å². The van der Waals surface area contributed by atoms with Crippen LogP contribution < -0.4 is 5.32 Å². The minimum atomic E-state index is -0.581. The van der Waals surface area contributed by atoms with Crippen LogP contribution in [0.15, 0.2) is 29.3 Å². The fourth-order valence-corrected chi connectivity index (χ4v) is 7.05. The fourth-order valence-electron chi connectivity index (χ4n) is 7.05. The number of amides is 2. The largest absolute Gasteiger partial charge is 0.377 e. The minimum Gasteiger partial charge on any atom is -0.377 e. The number of nitrogens with zero attached hydrogens (tertiary/aromatic N) is 6. The van der Waals surface area contributed by atoms with E-state index in [1.165, 1.54) is 0 Å². The third-order valence-electron chi connectivity index (χ3n) is 9.77. The topological polar surface area (TPSA) is 129 Å². The lowest BCUT2D eigenvalue weighted by atomic mass is 9.69. The number of anilines is 1. The highest BCUT2D eigenvalue weighted by Crippen LogP contribution is 2.50. The molecule has 1 aromatic carbocycles. The van der Waals surface area contributed by atoms with Crippen molar-refractivity contribution in [1.82, 2.24) is 30.4 Å². The highest BCUT2D eigenvalue weighted by atomic mass is 16.5. The maximum atomic E-state index is 14.7. The van der Waals surface area contributed by atoms with Crippen molar-refractivity contribution >= 4 is 23.6 Å². The normalized spacial score (nSPS) is 25.3. The quantitative estimate of drug-likeness (QED) is 0.420. The Labute approximate surface area is 261 Å². The van der Waals surface area contributed by atoms with Crippen molar-refractivity contribution in [3.05, 3.63) is 35.4 Å². The molecule has 0 bridgehead atoms. The Morgan fingerprint density at radius 2 is 1.84 bits per heavy atom. The van der Waals surface area contributed by atoms with Gasteiger partial charge in [0.2, 0.25) is 5.95 Å². The monoisotopic (exact) mass is 606 g/mol. The summed E-state index contributed by atoms with van der Waals surface area (Å²) in [6.45, 7) is 17.7. The van der Waals surface area contributed by atoms with Crippen LogP contribution in [0.4, 0.5) is 5.95 Å². The first kappa shape index (κ1) is 32.1. The number of aliphatic imine (C=N–C) groups is 1. The van der Waals surface area contributed by atoms with E-state index in [-0.39, 0.29) is 40.7 Å². The average Bonchev–Trinajstić information content (AvgIpc) is 3.59. The minimum absolute atomic E-state index is 0.0260. The molecule has 44 heavy (non-hydrogen) atoms. The van der Waals surface area contributed by atoms with E-state index in [2.05, 4.69) is 84.2 Å². The van der Waals surface area contributed by atoms with Gasteiger partial charge in [0.1, 0.15) is 5.66 Å². The van der Waals surface area contributed by atoms with Crippen molar-refractivity contribution in [2.75, 3.05) is 25.1 Å². The van der Waals surface area contributed by atoms with E-state index >= 15 is 0 Å². The maximum absolute atomic E-state index is 14.7. The van der Waals surface area contributed by atoms with E-state index in [1.807, 2.05) is 24.3 Å². The van der Waals surface area contributed by atoms with Gasteiger partial charge in [0.05, 0.1) is 25.3 Å². The molecule has 0 radical (unpaired) electrons. The Kier molecular flexibility index (Phi) is 9.16. The van der Waals surface area contributed by atoms with E-state index in [9.17, 15) is 9.59 Å². The molecular weight excluding hydrogens is 556 g/mol. The van der Waals surface area contributed by atoms with Crippen molar-refractivity contribution in [2.45, 2.75) is 111 Å². The second kappa shape index (κ2) is 12.6. The number of aromatic nitrogens is 4. The van der Waals surface area contributed by atoms with Crippen LogP contribution in [0.1, 0.15) is 115 Å². The van der Waals surface area contributed by atoms with Gasteiger partial charge in [0.15, 0.2) is 5.84 Å². The van der Waals surface area contributed by atoms with E-state index < -0.39 is 5.66 Å². The number of carbonyl (C=O) groups excluding carboxylic acids is 2. The molecule has 1 saturated carbocycles. The molecule has 1 unspecified atom stereocenters. The third-order valence-corrected chi connectivity index (χ3v) is 9.77. The standard InChI is InChI=1S/C33H50N8O3/c1-8-25-21-44-20-19-40(25)27-29(43)41(33(35-27)17-13-24(14-18-33)32(5,6)7)26(15-16-31(2,3)4)22-9-11-23(12-10-22)28(42)34-30-36-38-39-37-30/h9-12,24-26H,8,13-21H2,1-7H3,(H2,34,36,37,38,39,42)/t24?,25?,26-,33?/m1/s1. The van der Waals surface area contributed by atoms with E-state index in [1.54, 1.807) is 0 Å². The zero-order valence-corrected chi connectivity index (χ0v) is 27.5. The molecule has 1 saturated heterocycles. The summed E-state index contributed by atoms with van der Waals surface area (Å²) in [6, 6.07) is 7.58. The van der Waals surface area contributed by atoms with Gasteiger partial charge in [-0.05, 0) is 89.8 Å². The van der Waals surface area contributed by atoms with Crippen molar-refractivity contribution in [3.63, 3.8) is 0 Å². The number of nitrogens with one attached hydrogen (secondary N) is 2. The molecule has 5 rings (SSSR count). The van der Waals surface area contributed by atoms with Gasteiger partial charge < -0.3 is 14.5 Å². The molecule has 2 N–H and O–H groups in total. The summed E-state index contributed by atoms with van der Waals surface area (Å²) in [4.78, 5) is 37.4. The lowest BCUT2D eigenvalue weighted by molar-refractivity contribution is -0.134. The number of hydrogen-bond donors (Lipinski definition) is 2. The summed E-state index contributed by atoms with van der Waals surface area (Å²) in [5.74, 6) is 1.10. The molecular formula is C33H50N8O3. The Hall–Kier alpha value is -3.34. The number of carbonyl (C=O) groups is 2. The number of benzene rings is 1. The van der Waals surface area contributed by atoms with Crippen molar-refractivity contribution in [3.8, 4) is 0 Å². The Balaban J connectivity index is 1.51. The highest BCUT2D eigenvalue weighted by Gasteiger charge is 2.54. The number of rotatable bonds is 7. The summed E-state index contributed by atoms with van der Waals surface area (Å²) in [6.07, 6.45) is 6.40. The molecule has 1 aliphatic carbocycles. The smallest absolute Gasteiger partial charge is 0.291 e. The lowest BCUT2D eigenvalue weighted by Crippen LogP contribution is -2.54. The third kappa shape index (κ3) is 6.82. The SMILES string of the molecule is CCC1COCCN1C1=NC2(CCC(C(C)(C)C)CC2)N([C@H](CCC(C)(C)C)c2ccc(C(=O)Nc3nnn[nH]3)cc2)C1=O. The number of amidine groups is 1. The van der Waals surface area contributed by atoms with Crippen LogP contribution in [0.2, 0.25) is 0 Å². The lowest BCUT2D eigenvalue weighted by Gasteiger charge is -2.47. The molecule has 1 aromatic heterocycles. The van der Waals surface area contributed by atoms with Gasteiger partial charge in [-0.2, -0.15) is 0 Å². The maximum Gasteiger partial charge on any atom is 0.291 e. The Morgan fingerprint density at radius 3 is 2.43 bits per heavy atom. The van der Waals surface area contributed by atoms with E-state index in [0.717, 1.165) is 50.5 Å². The number of ether oxygens (including phenoxy) is 1. The highest BCUT2D eigenvalue weighted by molar-refractivity contribution is 6.39. The summed E-state index contributed by atoms with van der Waals surface area (Å²) in [5, 5.41) is 16.0. The second-order valence-corrected chi connectivity index (χ2v) is 15.0. The number of aromatic amines is 1. The Bertz CT molecular complexity index is 1320. The molecule has 2 amide bonds. The Morgan fingerprint density at radius 1 is 1.14 bits per heavy atom. The summed E-state index contributed by atoms with van der Waals surface area (Å²) >= 11 is 0. The predicted octanol–water partition coefficient (Wildman–Crippen LogP) is 5.60. The van der Waals surface area contributed by atoms with Gasteiger partial charge in [0, 0.05) is 12.1 Å². The first-order chi connectivity index (χ1) is 20.8. The van der Waals surface area contributed by atoms with Crippen LogP contribution in [-0.4, -0.2) is 79.5 Å². The van der Waals surface area contributed by atoms with Gasteiger partial charge in [0.25, 0.3) is 11.8 Å². The van der Waals surface area contributed by atoms with E-state index in [4.69, 9.17) is 9.73 Å². The van der Waals surface area contributed by atoms with E-state index in [0.29, 0.717) is 37.1 Å². The van der Waals surface area contributed by atoms with Crippen LogP contribution in [0, 0.1) is 16.7 Å². The number of hydrogen-bond acceptors (Lipinski definition) is 8. The molecule has 240 valence electrons. The molecule has 2 atom stereocenters. The zero-order chi connectivity index (χ0) is 31.7. The number of tetrazole rings is 1. The van der Waals surface area contributed by atoms with Crippen LogP contribution in [0.25, 0.3) is 0 Å². The summed E-state index contributed by atoms with van der Waals surface area (Å²) < 4.78 is 5.80. The van der Waals surface area contributed by atoms with Crippen molar-refractivity contribution < 1.29 is 14.3 Å². The molecule has 2 aromatic rings. The number of H-pyrrole nitrogens is 1. The van der Waals surface area contributed by atoms with Gasteiger partial charge in [-0.1, -0.05) is 65.7 Å². The van der Waals surface area contributed by atoms with Crippen LogP contribution in [-0.2, 0) is 9.53 Å². The van der Waals surface area contributed by atoms with Crippen LogP contribution >= 0.6 is 0 Å². The van der Waals surface area contributed by atoms with Crippen LogP contribution in [0.3, 0.4) is 0 Å². The van der Waals surface area contributed by atoms with Gasteiger partial charge in [-0.15, -0.1) is 0 Å². The molecule has 11 heteroatoms. The molecule has 2 fully saturated rings. The average molecular weight is 607 g/mol. The fraction of sp³-hybridized carbons (Fsp3) is 0.697. The molecule has 1 spiro atoms. The number of morpholine rings is 1. The molecule has 3 heterocycles. The predicted molar refractivity (Wildman–Crippen MR) is 170 cm³/mol. The van der Waals surface area contributed by atoms with Crippen LogP contribution in [0.5, 0.6) is 0 Å².